The molecule has 0 unspecified atom stereocenters. The van der Waals surface area contributed by atoms with Gasteiger partial charge in [0, 0.05) is 47.2 Å². The third-order valence-electron chi connectivity index (χ3n) is 5.94. The second-order valence-electron chi connectivity index (χ2n) is 8.35. The van der Waals surface area contributed by atoms with Crippen LogP contribution in [0.15, 0.2) is 35.3 Å². The largest absolute Gasteiger partial charge is 0.382 e. The van der Waals surface area contributed by atoms with Crippen molar-refractivity contribution in [2.24, 2.45) is 13.0 Å². The van der Waals surface area contributed by atoms with Gasteiger partial charge in [0.05, 0.1) is 0 Å². The molecule has 2 heterocycles. The fraction of sp³-hybridized carbons (Fsp3) is 0.435. The highest BCUT2D eigenvalue weighted by Crippen LogP contribution is 2.35. The Kier molecular flexibility index (Phi) is 4.58. The summed E-state index contributed by atoms with van der Waals surface area (Å²) in [5.74, 6) is 0.839. The highest BCUT2D eigenvalue weighted by atomic mass is 16.1. The van der Waals surface area contributed by atoms with E-state index in [2.05, 4.69) is 48.4 Å². The molecule has 0 saturated heterocycles. The summed E-state index contributed by atoms with van der Waals surface area (Å²) in [4.78, 5) is 15.8. The molecule has 4 nitrogen and oxygen atoms in total. The van der Waals surface area contributed by atoms with Crippen LogP contribution in [0, 0.1) is 19.8 Å². The van der Waals surface area contributed by atoms with Crippen molar-refractivity contribution in [1.29, 1.82) is 0 Å². The van der Waals surface area contributed by atoms with Gasteiger partial charge in [-0.15, -0.1) is 0 Å². The van der Waals surface area contributed by atoms with Gasteiger partial charge in [-0.2, -0.15) is 0 Å². The summed E-state index contributed by atoms with van der Waals surface area (Å²) in [5.41, 5.74) is 6.38. The molecule has 1 aliphatic carbocycles. The summed E-state index contributed by atoms with van der Waals surface area (Å²) >= 11 is 0. The van der Waals surface area contributed by atoms with Crippen LogP contribution in [-0.4, -0.2) is 15.6 Å². The van der Waals surface area contributed by atoms with Crippen molar-refractivity contribution in [3.63, 3.8) is 0 Å². The lowest BCUT2D eigenvalue weighted by atomic mass is 9.87. The van der Waals surface area contributed by atoms with Crippen LogP contribution in [0.2, 0.25) is 0 Å². The van der Waals surface area contributed by atoms with E-state index in [1.165, 1.54) is 42.5 Å². The second kappa shape index (κ2) is 6.91. The molecule has 2 aromatic heterocycles. The maximum atomic E-state index is 12.5. The van der Waals surface area contributed by atoms with E-state index < -0.39 is 0 Å². The molecule has 0 amide bonds. The number of aryl methyl sites for hydroxylation is 3. The van der Waals surface area contributed by atoms with Crippen LogP contribution in [-0.2, 0) is 7.05 Å². The molecular formula is C23H29N3O. The molecule has 1 saturated carbocycles. The molecule has 0 radical (unpaired) electrons. The van der Waals surface area contributed by atoms with E-state index in [-0.39, 0.29) is 5.56 Å². The van der Waals surface area contributed by atoms with Gasteiger partial charge in [0.2, 0.25) is 0 Å². The SMILES string of the molecule is Cc1ccc(NC2CCC(C)CC2)c(-c2cn(C)c(=O)c3[nH]c(C)cc23)c1. The third-order valence-corrected chi connectivity index (χ3v) is 5.94. The van der Waals surface area contributed by atoms with E-state index in [9.17, 15) is 4.79 Å². The maximum absolute atomic E-state index is 12.5. The lowest BCUT2D eigenvalue weighted by Crippen LogP contribution is -2.25. The van der Waals surface area contributed by atoms with Gasteiger partial charge in [-0.25, -0.2) is 0 Å². The highest BCUT2D eigenvalue weighted by molar-refractivity contribution is 5.98. The predicted octanol–water partition coefficient (Wildman–Crippen LogP) is 5.14. The van der Waals surface area contributed by atoms with Crippen LogP contribution in [0.3, 0.4) is 0 Å². The number of aromatic nitrogens is 2. The number of rotatable bonds is 3. The quantitative estimate of drug-likeness (QED) is 0.677. The maximum Gasteiger partial charge on any atom is 0.274 e. The molecule has 4 rings (SSSR count). The van der Waals surface area contributed by atoms with Gasteiger partial charge >= 0.3 is 0 Å². The number of anilines is 1. The van der Waals surface area contributed by atoms with Crippen LogP contribution in [0.25, 0.3) is 22.0 Å². The molecule has 27 heavy (non-hydrogen) atoms. The number of hydrogen-bond acceptors (Lipinski definition) is 2. The van der Waals surface area contributed by atoms with Crippen molar-refractivity contribution >= 4 is 16.6 Å². The minimum Gasteiger partial charge on any atom is -0.382 e. The molecule has 3 aromatic rings. The van der Waals surface area contributed by atoms with Gasteiger partial charge in [0.25, 0.3) is 5.56 Å². The van der Waals surface area contributed by atoms with Gasteiger partial charge < -0.3 is 14.9 Å². The molecule has 0 spiro atoms. The van der Waals surface area contributed by atoms with E-state index in [4.69, 9.17) is 0 Å². The summed E-state index contributed by atoms with van der Waals surface area (Å²) in [7, 11) is 1.83. The summed E-state index contributed by atoms with van der Waals surface area (Å²) in [6, 6.07) is 9.20. The summed E-state index contributed by atoms with van der Waals surface area (Å²) in [6.07, 6.45) is 7.00. The Morgan fingerprint density at radius 1 is 1.07 bits per heavy atom. The van der Waals surface area contributed by atoms with E-state index in [1.54, 1.807) is 4.57 Å². The second-order valence-corrected chi connectivity index (χ2v) is 8.35. The summed E-state index contributed by atoms with van der Waals surface area (Å²) < 4.78 is 1.68. The Morgan fingerprint density at radius 2 is 1.81 bits per heavy atom. The minimum absolute atomic E-state index is 0.0188. The number of pyridine rings is 1. The Labute approximate surface area is 160 Å². The fourth-order valence-electron chi connectivity index (χ4n) is 4.31. The molecule has 4 heteroatoms. The zero-order valence-corrected chi connectivity index (χ0v) is 16.7. The average Bonchev–Trinajstić information content (AvgIpc) is 3.03. The van der Waals surface area contributed by atoms with Gasteiger partial charge in [0.1, 0.15) is 5.52 Å². The number of aromatic amines is 1. The van der Waals surface area contributed by atoms with E-state index in [0.29, 0.717) is 11.6 Å². The topological polar surface area (TPSA) is 49.8 Å². The van der Waals surface area contributed by atoms with Gasteiger partial charge in [0.15, 0.2) is 0 Å². The third kappa shape index (κ3) is 3.41. The zero-order chi connectivity index (χ0) is 19.1. The molecule has 0 bridgehead atoms. The van der Waals surface area contributed by atoms with Crippen LogP contribution in [0.1, 0.15) is 43.9 Å². The number of fused-ring (bicyclic) bond motifs is 1. The molecule has 1 fully saturated rings. The Morgan fingerprint density at radius 3 is 2.56 bits per heavy atom. The molecule has 2 N–H and O–H groups in total. The molecule has 1 aromatic carbocycles. The molecule has 1 aliphatic rings. The standard InChI is InChI=1S/C23H29N3O/c1-14-5-8-17(9-6-14)25-21-10-7-15(2)11-18(21)20-13-26(4)23(27)22-19(20)12-16(3)24-22/h7,10-14,17,24-25H,5-6,8-9H2,1-4H3. The molecule has 0 aliphatic heterocycles. The van der Waals surface area contributed by atoms with Crippen molar-refractivity contribution in [3.05, 3.63) is 52.1 Å². The first-order valence-electron chi connectivity index (χ1n) is 9.99. The minimum atomic E-state index is 0.0188. The van der Waals surface area contributed by atoms with Crippen LogP contribution < -0.4 is 10.9 Å². The van der Waals surface area contributed by atoms with E-state index in [1.807, 2.05) is 20.2 Å². The van der Waals surface area contributed by atoms with Gasteiger partial charge in [-0.3, -0.25) is 4.79 Å². The lowest BCUT2D eigenvalue weighted by Gasteiger charge is -2.29. The summed E-state index contributed by atoms with van der Waals surface area (Å²) in [6.45, 7) is 6.47. The van der Waals surface area contributed by atoms with Gasteiger partial charge in [-0.05, 0) is 63.6 Å². The zero-order valence-electron chi connectivity index (χ0n) is 16.7. The first-order valence-corrected chi connectivity index (χ1v) is 9.99. The van der Waals surface area contributed by atoms with Crippen LogP contribution in [0.4, 0.5) is 5.69 Å². The van der Waals surface area contributed by atoms with Crippen LogP contribution >= 0.6 is 0 Å². The number of nitrogens with one attached hydrogen (secondary N) is 2. The summed E-state index contributed by atoms with van der Waals surface area (Å²) in [5, 5.41) is 4.81. The highest BCUT2D eigenvalue weighted by Gasteiger charge is 2.20. The van der Waals surface area contributed by atoms with Crippen molar-refractivity contribution in [2.75, 3.05) is 5.32 Å². The van der Waals surface area contributed by atoms with Crippen LogP contribution in [0.5, 0.6) is 0 Å². The normalized spacial score (nSPS) is 20.1. The van der Waals surface area contributed by atoms with E-state index in [0.717, 1.165) is 22.6 Å². The van der Waals surface area contributed by atoms with Crippen molar-refractivity contribution in [1.82, 2.24) is 9.55 Å². The first kappa shape index (κ1) is 17.9. The Bertz CT molecular complexity index is 1040. The monoisotopic (exact) mass is 363 g/mol. The smallest absolute Gasteiger partial charge is 0.274 e. The van der Waals surface area contributed by atoms with Crippen molar-refractivity contribution in [3.8, 4) is 11.1 Å². The van der Waals surface area contributed by atoms with Gasteiger partial charge in [-0.1, -0.05) is 18.6 Å². The molecule has 142 valence electrons. The number of H-pyrrole nitrogens is 1. The van der Waals surface area contributed by atoms with Crippen molar-refractivity contribution in [2.45, 2.75) is 52.5 Å². The molecule has 0 atom stereocenters. The fourth-order valence-corrected chi connectivity index (χ4v) is 4.31. The Hall–Kier alpha value is -2.49. The number of benzene rings is 1. The Balaban J connectivity index is 1.82. The number of nitrogens with zero attached hydrogens (tertiary/aromatic N) is 1. The first-order chi connectivity index (χ1) is 12.9. The lowest BCUT2D eigenvalue weighted by molar-refractivity contribution is 0.361. The van der Waals surface area contributed by atoms with Crippen molar-refractivity contribution < 1.29 is 0 Å². The average molecular weight is 364 g/mol. The molecular weight excluding hydrogens is 334 g/mol. The predicted molar refractivity (Wildman–Crippen MR) is 113 cm³/mol. The van der Waals surface area contributed by atoms with E-state index >= 15 is 0 Å². The number of hydrogen-bond donors (Lipinski definition) is 2.